The van der Waals surface area contributed by atoms with Crippen molar-refractivity contribution in [1.29, 1.82) is 0 Å². The minimum Gasteiger partial charge on any atom is -0.340 e. The Morgan fingerprint density at radius 3 is 2.37 bits per heavy atom. The minimum absolute atomic E-state index is 0.0778. The maximum atomic E-state index is 11.6. The lowest BCUT2D eigenvalue weighted by molar-refractivity contribution is 0.598. The van der Waals surface area contributed by atoms with Crippen molar-refractivity contribution in [1.82, 2.24) is 24.9 Å². The summed E-state index contributed by atoms with van der Waals surface area (Å²) in [6, 6.07) is 18.4. The Balaban J connectivity index is 1.59. The fourth-order valence-electron chi connectivity index (χ4n) is 3.91. The third-order valence-electron chi connectivity index (χ3n) is 5.74. The van der Waals surface area contributed by atoms with Gasteiger partial charge in [0.1, 0.15) is 5.82 Å². The van der Waals surface area contributed by atoms with Crippen LogP contribution >= 0.6 is 0 Å². The summed E-state index contributed by atoms with van der Waals surface area (Å²) < 4.78 is 23.2. The van der Waals surface area contributed by atoms with E-state index in [1.807, 2.05) is 36.4 Å². The number of primary sulfonamides is 1. The summed E-state index contributed by atoms with van der Waals surface area (Å²) in [6.45, 7) is 4.22. The van der Waals surface area contributed by atoms with Crippen molar-refractivity contribution < 1.29 is 8.42 Å². The summed E-state index contributed by atoms with van der Waals surface area (Å²) in [6.07, 6.45) is 3.82. The van der Waals surface area contributed by atoms with E-state index in [2.05, 4.69) is 28.8 Å². The van der Waals surface area contributed by atoms with Gasteiger partial charge in [0, 0.05) is 30.1 Å². The highest BCUT2D eigenvalue weighted by molar-refractivity contribution is 7.89. The van der Waals surface area contributed by atoms with Gasteiger partial charge in [-0.3, -0.25) is 15.0 Å². The molecule has 5 rings (SSSR count). The first-order chi connectivity index (χ1) is 16.8. The maximum absolute atomic E-state index is 11.6. The number of fused-ring (bicyclic) bond motifs is 1. The van der Waals surface area contributed by atoms with Crippen molar-refractivity contribution in [2.75, 3.05) is 0 Å². The molecular formula is C26H24N6O2S. The van der Waals surface area contributed by atoms with Crippen molar-refractivity contribution in [3.8, 4) is 22.6 Å². The van der Waals surface area contributed by atoms with Crippen molar-refractivity contribution in [2.24, 2.45) is 5.14 Å². The summed E-state index contributed by atoms with van der Waals surface area (Å²) in [5, 5.41) is 5.22. The van der Waals surface area contributed by atoms with Gasteiger partial charge in [-0.1, -0.05) is 38.1 Å². The molecule has 0 saturated carbocycles. The first-order valence-electron chi connectivity index (χ1n) is 11.2. The van der Waals surface area contributed by atoms with Gasteiger partial charge in [0.2, 0.25) is 10.0 Å². The van der Waals surface area contributed by atoms with Crippen LogP contribution in [-0.2, 0) is 16.4 Å². The lowest BCUT2D eigenvalue weighted by Crippen LogP contribution is -2.11. The van der Waals surface area contributed by atoms with Crippen LogP contribution in [0, 0.1) is 0 Å². The van der Waals surface area contributed by atoms with E-state index in [1.54, 1.807) is 24.5 Å². The molecule has 0 saturated heterocycles. The molecule has 0 radical (unpaired) electrons. The molecule has 3 aromatic heterocycles. The molecule has 3 heterocycles. The van der Waals surface area contributed by atoms with Crippen LogP contribution in [0.5, 0.6) is 0 Å². The normalized spacial score (nSPS) is 11.9. The Morgan fingerprint density at radius 1 is 0.914 bits per heavy atom. The van der Waals surface area contributed by atoms with E-state index in [-0.39, 0.29) is 10.8 Å². The number of aromatic amines is 1. The summed E-state index contributed by atoms with van der Waals surface area (Å²) in [7, 11) is -3.74. The lowest BCUT2D eigenvalue weighted by atomic mass is 10.1. The predicted molar refractivity (Wildman–Crippen MR) is 135 cm³/mol. The van der Waals surface area contributed by atoms with Gasteiger partial charge in [-0.05, 0) is 47.9 Å². The van der Waals surface area contributed by atoms with E-state index in [9.17, 15) is 8.42 Å². The Bertz CT molecular complexity index is 1630. The molecule has 35 heavy (non-hydrogen) atoms. The van der Waals surface area contributed by atoms with E-state index in [1.165, 1.54) is 12.1 Å². The number of pyridine rings is 1. The molecule has 5 aromatic rings. The lowest BCUT2D eigenvalue weighted by Gasteiger charge is -2.08. The number of benzene rings is 2. The number of hydrogen-bond acceptors (Lipinski definition) is 6. The molecule has 8 nitrogen and oxygen atoms in total. The van der Waals surface area contributed by atoms with Gasteiger partial charge in [-0.25, -0.2) is 18.5 Å². The highest BCUT2D eigenvalue weighted by Crippen LogP contribution is 2.32. The molecule has 0 fully saturated rings. The molecule has 176 valence electrons. The monoisotopic (exact) mass is 484 g/mol. The van der Waals surface area contributed by atoms with Crippen LogP contribution in [0.2, 0.25) is 0 Å². The molecule has 0 spiro atoms. The van der Waals surface area contributed by atoms with Gasteiger partial charge in [0.25, 0.3) is 0 Å². The zero-order valence-corrected chi connectivity index (χ0v) is 20.1. The van der Waals surface area contributed by atoms with E-state index in [0.717, 1.165) is 50.8 Å². The highest BCUT2D eigenvalue weighted by Gasteiger charge is 2.17. The first-order valence-corrected chi connectivity index (χ1v) is 12.7. The fraction of sp³-hybridized carbons (Fsp3) is 0.154. The third kappa shape index (κ3) is 4.82. The van der Waals surface area contributed by atoms with Crippen LogP contribution in [0.1, 0.15) is 36.8 Å². The van der Waals surface area contributed by atoms with Crippen LogP contribution < -0.4 is 5.14 Å². The zero-order valence-electron chi connectivity index (χ0n) is 19.3. The number of sulfonamides is 1. The molecule has 0 bridgehead atoms. The van der Waals surface area contributed by atoms with Gasteiger partial charge in [-0.15, -0.1) is 0 Å². The van der Waals surface area contributed by atoms with Crippen LogP contribution in [-0.4, -0.2) is 33.3 Å². The second-order valence-corrected chi connectivity index (χ2v) is 10.2. The standard InChI is InChI=1S/C26H24N6O2S/c1-16(2)20-4-3-5-22(30-20)26-25(18-8-11-21-23(15-18)29-13-12-28-21)31-24(32-26)14-17-6-9-19(10-7-17)35(27,33)34/h3-13,15-16H,14H2,1-2H3,(H,31,32)(H2,27,33,34). The van der Waals surface area contributed by atoms with E-state index >= 15 is 0 Å². The zero-order chi connectivity index (χ0) is 24.6. The van der Waals surface area contributed by atoms with Crippen molar-refractivity contribution in [2.45, 2.75) is 31.1 Å². The molecule has 0 aliphatic carbocycles. The number of nitrogens with two attached hydrogens (primary N) is 1. The number of nitrogens with one attached hydrogen (secondary N) is 1. The average molecular weight is 485 g/mol. The molecule has 0 aliphatic rings. The smallest absolute Gasteiger partial charge is 0.238 e. The Morgan fingerprint density at radius 2 is 1.66 bits per heavy atom. The first kappa shape index (κ1) is 22.8. The number of nitrogens with zero attached hydrogens (tertiary/aromatic N) is 4. The topological polar surface area (TPSA) is 128 Å². The van der Waals surface area contributed by atoms with E-state index < -0.39 is 10.0 Å². The molecule has 0 atom stereocenters. The number of aromatic nitrogens is 5. The second kappa shape index (κ2) is 9.01. The van der Waals surface area contributed by atoms with Gasteiger partial charge in [-0.2, -0.15) is 0 Å². The summed E-state index contributed by atoms with van der Waals surface area (Å²) in [5.74, 6) is 1.02. The third-order valence-corrected chi connectivity index (χ3v) is 6.67. The highest BCUT2D eigenvalue weighted by atomic mass is 32.2. The SMILES string of the molecule is CC(C)c1cccc(-c2[nH]c(Cc3ccc(S(N)(=O)=O)cc3)nc2-c2ccc3nccnc3c2)n1. The Kier molecular flexibility index (Phi) is 5.88. The minimum atomic E-state index is -3.74. The van der Waals surface area contributed by atoms with Crippen LogP contribution in [0.25, 0.3) is 33.7 Å². The average Bonchev–Trinajstić information content (AvgIpc) is 3.27. The second-order valence-electron chi connectivity index (χ2n) is 8.64. The van der Waals surface area contributed by atoms with Crippen molar-refractivity contribution in [3.63, 3.8) is 0 Å². The van der Waals surface area contributed by atoms with E-state index in [0.29, 0.717) is 6.42 Å². The molecule has 0 aliphatic heterocycles. The Hall–Kier alpha value is -3.95. The molecule has 2 aromatic carbocycles. The van der Waals surface area contributed by atoms with Crippen molar-refractivity contribution >= 4 is 21.1 Å². The van der Waals surface area contributed by atoms with Gasteiger partial charge >= 0.3 is 0 Å². The Labute approximate surface area is 203 Å². The molecule has 9 heteroatoms. The number of hydrogen-bond donors (Lipinski definition) is 2. The summed E-state index contributed by atoms with van der Waals surface area (Å²) in [5.41, 5.74) is 6.76. The van der Waals surface area contributed by atoms with Gasteiger partial charge in [0.15, 0.2) is 0 Å². The number of imidazole rings is 1. The molecule has 3 N–H and O–H groups in total. The predicted octanol–water partition coefficient (Wildman–Crippen LogP) is 4.44. The maximum Gasteiger partial charge on any atom is 0.238 e. The molecule has 0 amide bonds. The molecule has 0 unspecified atom stereocenters. The van der Waals surface area contributed by atoms with Crippen LogP contribution in [0.15, 0.2) is 78.0 Å². The quantitative estimate of drug-likeness (QED) is 0.367. The summed E-state index contributed by atoms with van der Waals surface area (Å²) >= 11 is 0. The molecular weight excluding hydrogens is 460 g/mol. The summed E-state index contributed by atoms with van der Waals surface area (Å²) in [4.78, 5) is 22.1. The fourth-order valence-corrected chi connectivity index (χ4v) is 4.43. The number of H-pyrrole nitrogens is 1. The van der Waals surface area contributed by atoms with Gasteiger partial charge < -0.3 is 4.98 Å². The van der Waals surface area contributed by atoms with Gasteiger partial charge in [0.05, 0.1) is 33.0 Å². The van der Waals surface area contributed by atoms with Crippen LogP contribution in [0.3, 0.4) is 0 Å². The van der Waals surface area contributed by atoms with Crippen molar-refractivity contribution in [3.05, 3.63) is 90.1 Å². The largest absolute Gasteiger partial charge is 0.340 e. The number of rotatable bonds is 6. The van der Waals surface area contributed by atoms with Crippen LogP contribution in [0.4, 0.5) is 0 Å². The van der Waals surface area contributed by atoms with E-state index in [4.69, 9.17) is 15.1 Å².